The Morgan fingerprint density at radius 2 is 2.19 bits per heavy atom. The number of aromatic nitrogens is 2. The third-order valence-corrected chi connectivity index (χ3v) is 4.33. The van der Waals surface area contributed by atoms with Crippen LogP contribution in [0.1, 0.15) is 48.1 Å². The molecule has 26 heavy (non-hydrogen) atoms. The van der Waals surface area contributed by atoms with Gasteiger partial charge in [0.1, 0.15) is 17.4 Å². The second-order valence-corrected chi connectivity index (χ2v) is 6.53. The Bertz CT molecular complexity index is 949. The molecule has 1 amide bonds. The van der Waals surface area contributed by atoms with Crippen LogP contribution in [0.15, 0.2) is 33.2 Å². The molecular weight excluding hydrogens is 341 g/mol. The van der Waals surface area contributed by atoms with Crippen molar-refractivity contribution in [2.24, 2.45) is 0 Å². The first-order valence-electron chi connectivity index (χ1n) is 8.44. The molecule has 2 aromatic heterocycles. The number of benzene rings is 1. The van der Waals surface area contributed by atoms with Crippen molar-refractivity contribution in [3.8, 4) is 0 Å². The number of morpholine rings is 1. The lowest BCUT2D eigenvalue weighted by molar-refractivity contribution is -0.00718. The molecule has 1 aliphatic heterocycles. The molecule has 1 atom stereocenters. The van der Waals surface area contributed by atoms with Crippen molar-refractivity contribution in [3.63, 3.8) is 0 Å². The van der Waals surface area contributed by atoms with Crippen LogP contribution >= 0.6 is 0 Å². The Morgan fingerprint density at radius 1 is 1.35 bits per heavy atom. The van der Waals surface area contributed by atoms with Crippen molar-refractivity contribution in [3.05, 3.63) is 47.6 Å². The van der Waals surface area contributed by atoms with Gasteiger partial charge in [-0.1, -0.05) is 19.0 Å². The zero-order valence-corrected chi connectivity index (χ0v) is 14.4. The molecule has 0 saturated carbocycles. The number of hydrogen-bond donors (Lipinski definition) is 0. The van der Waals surface area contributed by atoms with E-state index in [4.69, 9.17) is 13.7 Å². The second-order valence-electron chi connectivity index (χ2n) is 6.53. The van der Waals surface area contributed by atoms with Gasteiger partial charge in [-0.3, -0.25) is 4.79 Å². The number of carbonyl (C=O) groups is 1. The molecular formula is C18H18FN3O4. The first-order chi connectivity index (χ1) is 12.5. The Kier molecular flexibility index (Phi) is 4.20. The molecule has 1 fully saturated rings. The fraction of sp³-hybridized carbons (Fsp3) is 0.389. The van der Waals surface area contributed by atoms with Crippen molar-refractivity contribution in [1.82, 2.24) is 15.0 Å². The number of ether oxygens (including phenoxy) is 1. The van der Waals surface area contributed by atoms with Gasteiger partial charge in [-0.25, -0.2) is 4.39 Å². The topological polar surface area (TPSA) is 81.6 Å². The zero-order chi connectivity index (χ0) is 18.3. The highest BCUT2D eigenvalue weighted by molar-refractivity contribution is 5.96. The Morgan fingerprint density at radius 3 is 2.96 bits per heavy atom. The van der Waals surface area contributed by atoms with E-state index in [-0.39, 0.29) is 30.0 Å². The number of rotatable bonds is 3. The van der Waals surface area contributed by atoms with E-state index in [0.29, 0.717) is 35.8 Å². The molecule has 136 valence electrons. The normalized spacial score (nSPS) is 18.0. The van der Waals surface area contributed by atoms with E-state index in [9.17, 15) is 9.18 Å². The molecule has 0 N–H and O–H groups in total. The predicted octanol–water partition coefficient (Wildman–Crippen LogP) is 3.29. The van der Waals surface area contributed by atoms with E-state index >= 15 is 0 Å². The van der Waals surface area contributed by atoms with Gasteiger partial charge in [-0.15, -0.1) is 0 Å². The molecule has 4 rings (SSSR count). The summed E-state index contributed by atoms with van der Waals surface area (Å²) in [6.45, 7) is 4.96. The molecule has 0 unspecified atom stereocenters. The summed E-state index contributed by atoms with van der Waals surface area (Å²) in [5, 5.41) is 4.54. The summed E-state index contributed by atoms with van der Waals surface area (Å²) in [6.07, 6.45) is 0. The summed E-state index contributed by atoms with van der Waals surface area (Å²) in [5.74, 6) is 0.460. The van der Waals surface area contributed by atoms with Crippen molar-refractivity contribution in [2.45, 2.75) is 25.8 Å². The van der Waals surface area contributed by atoms with Crippen LogP contribution in [0.3, 0.4) is 0 Å². The van der Waals surface area contributed by atoms with Crippen LogP contribution in [0.2, 0.25) is 0 Å². The number of amides is 1. The van der Waals surface area contributed by atoms with Crippen LogP contribution in [-0.2, 0) is 4.74 Å². The van der Waals surface area contributed by atoms with E-state index in [2.05, 4.69) is 10.1 Å². The lowest BCUT2D eigenvalue weighted by Crippen LogP contribution is -2.43. The van der Waals surface area contributed by atoms with Gasteiger partial charge in [0.2, 0.25) is 5.89 Å². The first-order valence-corrected chi connectivity index (χ1v) is 8.44. The van der Waals surface area contributed by atoms with Gasteiger partial charge >= 0.3 is 0 Å². The van der Waals surface area contributed by atoms with Gasteiger partial charge in [0.05, 0.1) is 13.2 Å². The highest BCUT2D eigenvalue weighted by atomic mass is 19.1. The molecule has 7 nitrogen and oxygen atoms in total. The van der Waals surface area contributed by atoms with Gasteiger partial charge in [-0.05, 0) is 24.3 Å². The summed E-state index contributed by atoms with van der Waals surface area (Å²) < 4.78 is 29.7. The van der Waals surface area contributed by atoms with Crippen LogP contribution in [0.25, 0.3) is 11.0 Å². The van der Waals surface area contributed by atoms with E-state index in [1.807, 2.05) is 13.8 Å². The average molecular weight is 359 g/mol. The van der Waals surface area contributed by atoms with Gasteiger partial charge in [-0.2, -0.15) is 4.98 Å². The van der Waals surface area contributed by atoms with E-state index in [1.165, 1.54) is 18.2 Å². The number of halogens is 1. The van der Waals surface area contributed by atoms with E-state index in [1.54, 1.807) is 11.0 Å². The number of nitrogens with zero attached hydrogens (tertiary/aromatic N) is 3. The van der Waals surface area contributed by atoms with Crippen molar-refractivity contribution in [2.75, 3.05) is 19.8 Å². The lowest BCUT2D eigenvalue weighted by atomic mass is 10.2. The minimum absolute atomic E-state index is 0.0928. The van der Waals surface area contributed by atoms with Crippen LogP contribution in [0.4, 0.5) is 4.39 Å². The van der Waals surface area contributed by atoms with Crippen molar-refractivity contribution >= 4 is 16.9 Å². The molecule has 0 radical (unpaired) electrons. The molecule has 3 aromatic rings. The van der Waals surface area contributed by atoms with Crippen LogP contribution < -0.4 is 0 Å². The maximum absolute atomic E-state index is 13.4. The first kappa shape index (κ1) is 16.7. The molecule has 3 heterocycles. The van der Waals surface area contributed by atoms with Crippen LogP contribution in [0.5, 0.6) is 0 Å². The standard InChI is InChI=1S/C18H18FN3O4/c1-10(2)17-20-16(21-26-17)13-9-24-6-5-22(13)18(23)15-8-11-7-12(19)3-4-14(11)25-15/h3-4,7-8,10,13H,5-6,9H2,1-2H3/t13-/m0/s1. The summed E-state index contributed by atoms with van der Waals surface area (Å²) in [5.41, 5.74) is 0.459. The predicted molar refractivity (Wildman–Crippen MR) is 89.2 cm³/mol. The number of carbonyl (C=O) groups excluding carboxylic acids is 1. The smallest absolute Gasteiger partial charge is 0.290 e. The number of furan rings is 1. The molecule has 1 saturated heterocycles. The van der Waals surface area contributed by atoms with Crippen molar-refractivity contribution in [1.29, 1.82) is 0 Å². The fourth-order valence-corrected chi connectivity index (χ4v) is 2.94. The lowest BCUT2D eigenvalue weighted by Gasteiger charge is -2.32. The van der Waals surface area contributed by atoms with Crippen LogP contribution in [0, 0.1) is 5.82 Å². The highest BCUT2D eigenvalue weighted by Gasteiger charge is 2.34. The Labute approximate surface area is 148 Å². The van der Waals surface area contributed by atoms with Gasteiger partial charge in [0.25, 0.3) is 5.91 Å². The monoisotopic (exact) mass is 359 g/mol. The van der Waals surface area contributed by atoms with Crippen molar-refractivity contribution < 1.29 is 22.9 Å². The fourth-order valence-electron chi connectivity index (χ4n) is 2.94. The zero-order valence-electron chi connectivity index (χ0n) is 14.4. The molecule has 1 aromatic carbocycles. The number of hydrogen-bond acceptors (Lipinski definition) is 6. The van der Waals surface area contributed by atoms with Gasteiger partial charge in [0.15, 0.2) is 11.6 Å². The average Bonchev–Trinajstić information content (AvgIpc) is 3.28. The van der Waals surface area contributed by atoms with Gasteiger partial charge < -0.3 is 18.6 Å². The summed E-state index contributed by atoms with van der Waals surface area (Å²) >= 11 is 0. The maximum Gasteiger partial charge on any atom is 0.290 e. The third-order valence-electron chi connectivity index (χ3n) is 4.33. The molecule has 1 aliphatic rings. The summed E-state index contributed by atoms with van der Waals surface area (Å²) in [6, 6.07) is 5.22. The summed E-state index contributed by atoms with van der Waals surface area (Å²) in [4.78, 5) is 19.0. The minimum atomic E-state index is -0.461. The number of fused-ring (bicyclic) bond motifs is 1. The quantitative estimate of drug-likeness (QED) is 0.714. The van der Waals surface area contributed by atoms with E-state index < -0.39 is 6.04 Å². The molecule has 8 heteroatoms. The summed E-state index contributed by atoms with van der Waals surface area (Å²) in [7, 11) is 0. The van der Waals surface area contributed by atoms with Gasteiger partial charge in [0, 0.05) is 17.8 Å². The molecule has 0 aliphatic carbocycles. The van der Waals surface area contributed by atoms with Crippen LogP contribution in [-0.4, -0.2) is 40.7 Å². The Balaban J connectivity index is 1.64. The minimum Gasteiger partial charge on any atom is -0.451 e. The molecule has 0 spiro atoms. The highest BCUT2D eigenvalue weighted by Crippen LogP contribution is 2.28. The molecule has 0 bridgehead atoms. The SMILES string of the molecule is CC(C)c1nc([C@@H]2COCCN2C(=O)c2cc3cc(F)ccc3o2)no1. The van der Waals surface area contributed by atoms with E-state index in [0.717, 1.165) is 0 Å². The second kappa shape index (κ2) is 6.53. The maximum atomic E-state index is 13.4. The third kappa shape index (κ3) is 2.96. The largest absolute Gasteiger partial charge is 0.451 e. The Hall–Kier alpha value is -2.74.